The SMILES string of the molecule is Cc1ccc(-c2csc(N3N=C4CC[C@@H](C)C[C@H]4[C@]3(O)C(F)(F)F)n2)cc1. The second-order valence-corrected chi connectivity index (χ2v) is 8.28. The van der Waals surface area contributed by atoms with Crippen LogP contribution in [0.3, 0.4) is 0 Å². The first-order valence-corrected chi connectivity index (χ1v) is 9.77. The van der Waals surface area contributed by atoms with Crippen LogP contribution in [-0.2, 0) is 0 Å². The number of benzene rings is 1. The zero-order valence-corrected chi connectivity index (χ0v) is 15.8. The lowest BCUT2D eigenvalue weighted by Crippen LogP contribution is -2.60. The summed E-state index contributed by atoms with van der Waals surface area (Å²) in [5.74, 6) is -0.935. The fourth-order valence-electron chi connectivity index (χ4n) is 3.82. The minimum Gasteiger partial charge on any atom is -0.362 e. The van der Waals surface area contributed by atoms with Crippen LogP contribution < -0.4 is 5.01 Å². The van der Waals surface area contributed by atoms with E-state index < -0.39 is 17.8 Å². The van der Waals surface area contributed by atoms with Gasteiger partial charge in [-0.15, -0.1) is 11.3 Å². The summed E-state index contributed by atoms with van der Waals surface area (Å²) in [5.41, 5.74) is -0.149. The molecule has 2 aliphatic rings. The third-order valence-corrected chi connectivity index (χ3v) is 6.22. The van der Waals surface area contributed by atoms with E-state index in [4.69, 9.17) is 0 Å². The lowest BCUT2D eigenvalue weighted by Gasteiger charge is -2.39. The van der Waals surface area contributed by atoms with E-state index in [1.807, 2.05) is 38.1 Å². The van der Waals surface area contributed by atoms with Crippen LogP contribution in [0.15, 0.2) is 34.7 Å². The summed E-state index contributed by atoms with van der Waals surface area (Å²) in [6.07, 6.45) is -3.32. The average Bonchev–Trinajstić information content (AvgIpc) is 3.19. The largest absolute Gasteiger partial charge is 0.439 e. The Morgan fingerprint density at radius 2 is 1.96 bits per heavy atom. The maximum atomic E-state index is 14.0. The number of alkyl halides is 3. The van der Waals surface area contributed by atoms with Crippen molar-refractivity contribution in [2.45, 2.75) is 45.0 Å². The molecule has 4 rings (SSSR count). The molecule has 0 amide bonds. The van der Waals surface area contributed by atoms with Crippen molar-refractivity contribution in [3.8, 4) is 11.3 Å². The molecule has 2 heterocycles. The van der Waals surface area contributed by atoms with Crippen LogP contribution >= 0.6 is 11.3 Å². The predicted octanol–water partition coefficient (Wildman–Crippen LogP) is 4.98. The lowest BCUT2D eigenvalue weighted by atomic mass is 9.76. The van der Waals surface area contributed by atoms with Gasteiger partial charge < -0.3 is 5.11 Å². The summed E-state index contributed by atoms with van der Waals surface area (Å²) in [4.78, 5) is 4.36. The van der Waals surface area contributed by atoms with Crippen LogP contribution in [0.2, 0.25) is 0 Å². The Morgan fingerprint density at radius 1 is 1.26 bits per heavy atom. The van der Waals surface area contributed by atoms with Gasteiger partial charge in [-0.25, -0.2) is 4.98 Å². The van der Waals surface area contributed by atoms with Gasteiger partial charge in [-0.2, -0.15) is 23.3 Å². The number of halogens is 3. The Balaban J connectivity index is 1.74. The molecule has 0 radical (unpaired) electrons. The molecule has 0 bridgehead atoms. The van der Waals surface area contributed by atoms with Gasteiger partial charge in [0.25, 0.3) is 5.72 Å². The second kappa shape index (κ2) is 6.31. The quantitative estimate of drug-likeness (QED) is 0.780. The molecule has 4 nitrogen and oxygen atoms in total. The molecule has 3 atom stereocenters. The Bertz CT molecular complexity index is 877. The highest BCUT2D eigenvalue weighted by atomic mass is 32.1. The van der Waals surface area contributed by atoms with E-state index in [2.05, 4.69) is 10.1 Å². The number of aryl methyl sites for hydroxylation is 1. The smallest absolute Gasteiger partial charge is 0.362 e. The van der Waals surface area contributed by atoms with Gasteiger partial charge in [0, 0.05) is 16.7 Å². The van der Waals surface area contributed by atoms with E-state index in [9.17, 15) is 18.3 Å². The molecule has 144 valence electrons. The lowest BCUT2D eigenvalue weighted by molar-refractivity contribution is -0.269. The molecule has 1 aliphatic carbocycles. The number of nitrogens with zero attached hydrogens (tertiary/aromatic N) is 3. The van der Waals surface area contributed by atoms with Gasteiger partial charge in [0.2, 0.25) is 5.13 Å². The standard InChI is InChI=1S/C19H20F3N3OS/c1-11-3-6-13(7-4-11)16-10-27-17(23-16)25-18(26,19(20,21)22)14-9-12(2)5-8-15(14)24-25/h3-4,6-7,10,12,14,26H,5,8-9H2,1-2H3/t12-,14-,18+/m1/s1. The molecular formula is C19H20F3N3OS. The van der Waals surface area contributed by atoms with Gasteiger partial charge in [-0.05, 0) is 32.1 Å². The van der Waals surface area contributed by atoms with Crippen molar-refractivity contribution >= 4 is 22.2 Å². The van der Waals surface area contributed by atoms with Gasteiger partial charge in [-0.3, -0.25) is 0 Å². The van der Waals surface area contributed by atoms with Crippen molar-refractivity contribution in [3.05, 3.63) is 35.2 Å². The normalized spacial score (nSPS) is 28.2. The zero-order chi connectivity index (χ0) is 19.4. The first-order valence-electron chi connectivity index (χ1n) is 8.89. The molecule has 27 heavy (non-hydrogen) atoms. The van der Waals surface area contributed by atoms with Gasteiger partial charge >= 0.3 is 6.18 Å². The third kappa shape index (κ3) is 2.95. The Labute approximate surface area is 159 Å². The van der Waals surface area contributed by atoms with E-state index in [-0.39, 0.29) is 17.5 Å². The molecule has 1 N–H and O–H groups in total. The van der Waals surface area contributed by atoms with Gasteiger partial charge in [-0.1, -0.05) is 36.8 Å². The highest BCUT2D eigenvalue weighted by Crippen LogP contribution is 2.51. The van der Waals surface area contributed by atoms with Crippen molar-refractivity contribution in [1.82, 2.24) is 4.98 Å². The van der Waals surface area contributed by atoms with Crippen molar-refractivity contribution in [3.63, 3.8) is 0 Å². The molecule has 2 aromatic rings. The number of thiazole rings is 1. The van der Waals surface area contributed by atoms with Gasteiger partial charge in [0.05, 0.1) is 11.6 Å². The first kappa shape index (κ1) is 18.4. The maximum absolute atomic E-state index is 14.0. The molecule has 8 heteroatoms. The predicted molar refractivity (Wildman–Crippen MR) is 99.7 cm³/mol. The number of hydrogen-bond donors (Lipinski definition) is 1. The molecular weight excluding hydrogens is 375 g/mol. The van der Waals surface area contributed by atoms with Crippen molar-refractivity contribution in [2.75, 3.05) is 5.01 Å². The number of fused-ring (bicyclic) bond motifs is 1. The number of rotatable bonds is 2. The van der Waals surface area contributed by atoms with Crippen LogP contribution in [0, 0.1) is 18.8 Å². The number of aliphatic hydroxyl groups is 1. The Kier molecular flexibility index (Phi) is 4.31. The minimum atomic E-state index is -4.84. The summed E-state index contributed by atoms with van der Waals surface area (Å²) in [7, 11) is 0. The average molecular weight is 395 g/mol. The number of aromatic nitrogens is 1. The first-order chi connectivity index (χ1) is 12.7. The van der Waals surface area contributed by atoms with Crippen molar-refractivity contribution < 1.29 is 18.3 Å². The van der Waals surface area contributed by atoms with Crippen LogP contribution in [0.1, 0.15) is 31.7 Å². The summed E-state index contributed by atoms with van der Waals surface area (Å²) < 4.78 is 41.9. The molecule has 0 spiro atoms. The molecule has 0 unspecified atom stereocenters. The molecule has 1 aromatic heterocycles. The van der Waals surface area contributed by atoms with E-state index >= 15 is 0 Å². The molecule has 1 saturated carbocycles. The number of anilines is 1. The highest BCUT2D eigenvalue weighted by Gasteiger charge is 2.68. The molecule has 1 fully saturated rings. The third-order valence-electron chi connectivity index (χ3n) is 5.41. The summed E-state index contributed by atoms with van der Waals surface area (Å²) >= 11 is 1.06. The second-order valence-electron chi connectivity index (χ2n) is 7.44. The fraction of sp³-hybridized carbons (Fsp3) is 0.474. The fourth-order valence-corrected chi connectivity index (χ4v) is 4.65. The van der Waals surface area contributed by atoms with Gasteiger partial charge in [0.15, 0.2) is 0 Å². The Morgan fingerprint density at radius 3 is 2.63 bits per heavy atom. The van der Waals surface area contributed by atoms with Crippen molar-refractivity contribution in [1.29, 1.82) is 0 Å². The Hall–Kier alpha value is -1.93. The van der Waals surface area contributed by atoms with E-state index in [1.165, 1.54) is 0 Å². The van der Waals surface area contributed by atoms with Gasteiger partial charge in [0.1, 0.15) is 0 Å². The number of hydrogen-bond acceptors (Lipinski definition) is 5. The van der Waals surface area contributed by atoms with Crippen molar-refractivity contribution in [2.24, 2.45) is 16.9 Å². The number of hydrazone groups is 1. The van der Waals surface area contributed by atoms with E-state index in [0.717, 1.165) is 28.9 Å². The van der Waals surface area contributed by atoms with Crippen LogP contribution in [0.5, 0.6) is 0 Å². The minimum absolute atomic E-state index is 0.0555. The monoisotopic (exact) mass is 395 g/mol. The summed E-state index contributed by atoms with van der Waals surface area (Å²) in [6.45, 7) is 3.87. The summed E-state index contributed by atoms with van der Waals surface area (Å²) in [5, 5.41) is 17.5. The summed E-state index contributed by atoms with van der Waals surface area (Å²) in [6, 6.07) is 7.60. The molecule has 0 saturated heterocycles. The molecule has 1 aliphatic heterocycles. The van der Waals surface area contributed by atoms with Crippen LogP contribution in [0.25, 0.3) is 11.3 Å². The van der Waals surface area contributed by atoms with E-state index in [0.29, 0.717) is 22.8 Å². The zero-order valence-electron chi connectivity index (χ0n) is 15.0. The molecule has 1 aromatic carbocycles. The van der Waals surface area contributed by atoms with Crippen LogP contribution in [0.4, 0.5) is 18.3 Å². The highest BCUT2D eigenvalue weighted by molar-refractivity contribution is 7.14. The van der Waals surface area contributed by atoms with Crippen LogP contribution in [-0.4, -0.2) is 27.7 Å². The van der Waals surface area contributed by atoms with E-state index in [1.54, 1.807) is 5.38 Å². The maximum Gasteiger partial charge on any atom is 0.439 e. The topological polar surface area (TPSA) is 48.7 Å².